The number of carbonyl (C=O) groups is 1. The molecule has 0 spiro atoms. The first-order valence-electron chi connectivity index (χ1n) is 6.92. The lowest BCUT2D eigenvalue weighted by Gasteiger charge is -2.04. The number of hydrogen-bond donors (Lipinski definition) is 1. The summed E-state index contributed by atoms with van der Waals surface area (Å²) in [5.41, 5.74) is 3.97. The highest BCUT2D eigenvalue weighted by atomic mass is 35.5. The summed E-state index contributed by atoms with van der Waals surface area (Å²) in [6.07, 6.45) is 4.33. The van der Waals surface area contributed by atoms with Crippen LogP contribution in [0.4, 0.5) is 5.69 Å². The van der Waals surface area contributed by atoms with Gasteiger partial charge in [-0.1, -0.05) is 48.9 Å². The van der Waals surface area contributed by atoms with E-state index in [4.69, 9.17) is 11.6 Å². The fourth-order valence-electron chi connectivity index (χ4n) is 1.89. The van der Waals surface area contributed by atoms with Crippen molar-refractivity contribution in [1.82, 2.24) is 0 Å². The molecule has 0 unspecified atom stereocenters. The third-order valence-electron chi connectivity index (χ3n) is 3.25. The van der Waals surface area contributed by atoms with E-state index in [1.807, 2.05) is 31.2 Å². The van der Waals surface area contributed by atoms with Gasteiger partial charge in [-0.15, -0.1) is 0 Å². The summed E-state index contributed by atoms with van der Waals surface area (Å²) in [4.78, 5) is 11.9. The third kappa shape index (κ3) is 4.47. The normalized spacial score (nSPS) is 10.8. The maximum absolute atomic E-state index is 11.9. The Balaban J connectivity index is 1.99. The lowest BCUT2D eigenvalue weighted by molar-refractivity contribution is -0.111. The first kappa shape index (κ1) is 15.3. The number of halogens is 1. The third-order valence-corrected chi connectivity index (χ3v) is 3.66. The van der Waals surface area contributed by atoms with Gasteiger partial charge in [-0.25, -0.2) is 0 Å². The Bertz CT molecular complexity index is 659. The molecule has 1 N–H and O–H groups in total. The molecular formula is C18H18ClNO. The number of carbonyl (C=O) groups excluding carboxylic acids is 1. The van der Waals surface area contributed by atoms with E-state index in [0.717, 1.165) is 17.5 Å². The lowest BCUT2D eigenvalue weighted by Crippen LogP contribution is -2.07. The maximum Gasteiger partial charge on any atom is 0.248 e. The van der Waals surface area contributed by atoms with Crippen molar-refractivity contribution in [2.24, 2.45) is 0 Å². The Morgan fingerprint density at radius 2 is 1.90 bits per heavy atom. The van der Waals surface area contributed by atoms with E-state index in [0.29, 0.717) is 10.7 Å². The number of rotatable bonds is 4. The largest absolute Gasteiger partial charge is 0.322 e. The minimum atomic E-state index is -0.172. The standard InChI is InChI=1S/C18H18ClNO/c1-3-14-5-7-15(8-6-14)9-11-18(21)20-16-10-4-13(2)17(19)12-16/h4-12H,3H2,1-2H3,(H,20,21)/b11-9+. The highest BCUT2D eigenvalue weighted by Crippen LogP contribution is 2.19. The van der Waals surface area contributed by atoms with Crippen LogP contribution in [0.15, 0.2) is 48.5 Å². The van der Waals surface area contributed by atoms with Crippen molar-refractivity contribution in [2.75, 3.05) is 5.32 Å². The van der Waals surface area contributed by atoms with Crippen molar-refractivity contribution in [3.63, 3.8) is 0 Å². The zero-order chi connectivity index (χ0) is 15.2. The van der Waals surface area contributed by atoms with Gasteiger partial charge in [0.05, 0.1) is 0 Å². The maximum atomic E-state index is 11.9. The van der Waals surface area contributed by atoms with Crippen LogP contribution in [-0.2, 0) is 11.2 Å². The van der Waals surface area contributed by atoms with Crippen LogP contribution in [0.25, 0.3) is 6.08 Å². The van der Waals surface area contributed by atoms with Crippen LogP contribution in [0.1, 0.15) is 23.6 Å². The molecule has 0 aliphatic rings. The molecule has 0 bridgehead atoms. The predicted molar refractivity (Wildman–Crippen MR) is 89.7 cm³/mol. The minimum Gasteiger partial charge on any atom is -0.322 e. The topological polar surface area (TPSA) is 29.1 Å². The van der Waals surface area contributed by atoms with E-state index in [1.165, 1.54) is 11.6 Å². The molecule has 0 radical (unpaired) electrons. The Kier molecular flexibility index (Phi) is 5.18. The molecule has 0 heterocycles. The van der Waals surface area contributed by atoms with E-state index in [2.05, 4.69) is 24.4 Å². The number of nitrogens with one attached hydrogen (secondary N) is 1. The van der Waals surface area contributed by atoms with Gasteiger partial charge in [-0.05, 0) is 48.2 Å². The van der Waals surface area contributed by atoms with Crippen LogP contribution >= 0.6 is 11.6 Å². The summed E-state index contributed by atoms with van der Waals surface area (Å²) in [5.74, 6) is -0.172. The van der Waals surface area contributed by atoms with Crippen LogP contribution in [0.5, 0.6) is 0 Å². The number of hydrogen-bond acceptors (Lipinski definition) is 1. The average Bonchev–Trinajstić information content (AvgIpc) is 2.49. The van der Waals surface area contributed by atoms with Gasteiger partial charge in [0.2, 0.25) is 5.91 Å². The van der Waals surface area contributed by atoms with Crippen molar-refractivity contribution < 1.29 is 4.79 Å². The quantitative estimate of drug-likeness (QED) is 0.802. The number of benzene rings is 2. The molecule has 0 aromatic heterocycles. The van der Waals surface area contributed by atoms with Gasteiger partial charge in [0.1, 0.15) is 0 Å². The molecule has 2 rings (SSSR count). The number of aryl methyl sites for hydroxylation is 2. The molecule has 0 aliphatic heterocycles. The summed E-state index contributed by atoms with van der Waals surface area (Å²) in [5, 5.41) is 3.44. The number of amides is 1. The van der Waals surface area contributed by atoms with Gasteiger partial charge in [-0.2, -0.15) is 0 Å². The average molecular weight is 300 g/mol. The summed E-state index contributed by atoms with van der Waals surface area (Å²) in [6, 6.07) is 13.6. The molecule has 2 nitrogen and oxygen atoms in total. The van der Waals surface area contributed by atoms with Crippen LogP contribution < -0.4 is 5.32 Å². The second-order valence-corrected chi connectivity index (χ2v) is 5.29. The molecule has 0 saturated heterocycles. The Labute approximate surface area is 130 Å². The van der Waals surface area contributed by atoms with Crippen LogP contribution in [0, 0.1) is 6.92 Å². The summed E-state index contributed by atoms with van der Waals surface area (Å²) in [7, 11) is 0. The molecule has 0 atom stereocenters. The monoisotopic (exact) mass is 299 g/mol. The van der Waals surface area contributed by atoms with Crippen LogP contribution in [0.3, 0.4) is 0 Å². The van der Waals surface area contributed by atoms with Gasteiger partial charge in [0.25, 0.3) is 0 Å². The molecule has 2 aromatic rings. The lowest BCUT2D eigenvalue weighted by atomic mass is 10.1. The zero-order valence-corrected chi connectivity index (χ0v) is 12.9. The second-order valence-electron chi connectivity index (χ2n) is 4.88. The first-order chi connectivity index (χ1) is 10.1. The molecule has 3 heteroatoms. The summed E-state index contributed by atoms with van der Waals surface area (Å²) < 4.78 is 0. The van der Waals surface area contributed by atoms with Crippen molar-refractivity contribution >= 4 is 29.3 Å². The van der Waals surface area contributed by atoms with Gasteiger partial charge in [0, 0.05) is 16.8 Å². The van der Waals surface area contributed by atoms with Gasteiger partial charge in [-0.3, -0.25) is 4.79 Å². The van der Waals surface area contributed by atoms with E-state index in [9.17, 15) is 4.79 Å². The minimum absolute atomic E-state index is 0.172. The molecule has 0 fully saturated rings. The van der Waals surface area contributed by atoms with E-state index in [-0.39, 0.29) is 5.91 Å². The zero-order valence-electron chi connectivity index (χ0n) is 12.2. The Morgan fingerprint density at radius 1 is 1.19 bits per heavy atom. The Morgan fingerprint density at radius 3 is 2.52 bits per heavy atom. The second kappa shape index (κ2) is 7.09. The van der Waals surface area contributed by atoms with Gasteiger partial charge >= 0.3 is 0 Å². The smallest absolute Gasteiger partial charge is 0.248 e. The molecule has 2 aromatic carbocycles. The van der Waals surface area contributed by atoms with Crippen molar-refractivity contribution in [1.29, 1.82) is 0 Å². The van der Waals surface area contributed by atoms with Crippen molar-refractivity contribution in [2.45, 2.75) is 20.3 Å². The fourth-order valence-corrected chi connectivity index (χ4v) is 2.07. The molecule has 1 amide bonds. The van der Waals surface area contributed by atoms with E-state index in [1.54, 1.807) is 12.1 Å². The van der Waals surface area contributed by atoms with Crippen LogP contribution in [0.2, 0.25) is 5.02 Å². The molecule has 0 aliphatic carbocycles. The van der Waals surface area contributed by atoms with E-state index >= 15 is 0 Å². The summed E-state index contributed by atoms with van der Waals surface area (Å²) >= 11 is 6.03. The van der Waals surface area contributed by atoms with E-state index < -0.39 is 0 Å². The molecule has 21 heavy (non-hydrogen) atoms. The Hall–Kier alpha value is -2.06. The molecular weight excluding hydrogens is 282 g/mol. The van der Waals surface area contributed by atoms with Crippen molar-refractivity contribution in [3.05, 3.63) is 70.3 Å². The highest BCUT2D eigenvalue weighted by Gasteiger charge is 2.00. The van der Waals surface area contributed by atoms with Gasteiger partial charge < -0.3 is 5.32 Å². The van der Waals surface area contributed by atoms with Gasteiger partial charge in [0.15, 0.2) is 0 Å². The fraction of sp³-hybridized carbons (Fsp3) is 0.167. The first-order valence-corrected chi connectivity index (χ1v) is 7.30. The number of anilines is 1. The molecule has 108 valence electrons. The SMILES string of the molecule is CCc1ccc(/C=C/C(=O)Nc2ccc(C)c(Cl)c2)cc1. The van der Waals surface area contributed by atoms with Crippen LogP contribution in [-0.4, -0.2) is 5.91 Å². The van der Waals surface area contributed by atoms with Crippen molar-refractivity contribution in [3.8, 4) is 0 Å². The highest BCUT2D eigenvalue weighted by molar-refractivity contribution is 6.31. The summed E-state index contributed by atoms with van der Waals surface area (Å²) in [6.45, 7) is 4.04. The molecule has 0 saturated carbocycles. The predicted octanol–water partition coefficient (Wildman–Crippen LogP) is 4.86.